The van der Waals surface area contributed by atoms with Crippen molar-refractivity contribution >= 4 is 10.8 Å². The lowest BCUT2D eigenvalue weighted by atomic mass is 10.00. The van der Waals surface area contributed by atoms with Gasteiger partial charge in [-0.3, -0.25) is 0 Å². The molecule has 0 bridgehead atoms. The van der Waals surface area contributed by atoms with Crippen LogP contribution in [0.5, 0.6) is 0 Å². The Kier molecular flexibility index (Phi) is 5.17. The molecular weight excluding hydrogens is 230 g/mol. The molecule has 1 heteroatoms. The van der Waals surface area contributed by atoms with E-state index in [1.807, 2.05) is 6.08 Å². The van der Waals surface area contributed by atoms with E-state index in [1.165, 1.54) is 22.8 Å². The topological polar surface area (TPSA) is 12.0 Å². The molecule has 1 atom stereocenters. The minimum atomic E-state index is 0.499. The van der Waals surface area contributed by atoms with Gasteiger partial charge in [-0.2, -0.15) is 0 Å². The number of benzene rings is 2. The highest BCUT2D eigenvalue weighted by Gasteiger charge is 2.07. The van der Waals surface area contributed by atoms with E-state index in [9.17, 15) is 0 Å². The summed E-state index contributed by atoms with van der Waals surface area (Å²) in [5, 5.41) is 6.24. The van der Waals surface area contributed by atoms with E-state index in [1.54, 1.807) is 0 Å². The van der Waals surface area contributed by atoms with Crippen molar-refractivity contribution in [1.82, 2.24) is 5.32 Å². The second kappa shape index (κ2) is 7.10. The lowest BCUT2D eigenvalue weighted by Gasteiger charge is -2.17. The fourth-order valence-electron chi connectivity index (χ4n) is 2.44. The molecule has 2 aromatic rings. The van der Waals surface area contributed by atoms with Crippen LogP contribution in [0.2, 0.25) is 0 Å². The van der Waals surface area contributed by atoms with Crippen molar-refractivity contribution in [3.63, 3.8) is 0 Å². The van der Waals surface area contributed by atoms with Crippen LogP contribution in [0.25, 0.3) is 10.8 Å². The molecule has 0 aliphatic heterocycles. The summed E-state index contributed by atoms with van der Waals surface area (Å²) >= 11 is 0. The van der Waals surface area contributed by atoms with Crippen LogP contribution in [-0.2, 0) is 6.42 Å². The quantitative estimate of drug-likeness (QED) is 0.724. The van der Waals surface area contributed by atoms with Crippen LogP contribution in [-0.4, -0.2) is 12.6 Å². The molecule has 1 nitrogen and oxygen atoms in total. The zero-order chi connectivity index (χ0) is 13.5. The Morgan fingerprint density at radius 3 is 2.68 bits per heavy atom. The molecule has 0 spiro atoms. The molecule has 0 heterocycles. The normalized spacial score (nSPS) is 12.5. The van der Waals surface area contributed by atoms with Crippen LogP contribution in [0.4, 0.5) is 0 Å². The maximum atomic E-state index is 3.86. The number of nitrogens with one attached hydrogen (secondary N) is 1. The van der Waals surface area contributed by atoms with Crippen LogP contribution >= 0.6 is 0 Å². The Balaban J connectivity index is 2.11. The highest BCUT2D eigenvalue weighted by molar-refractivity contribution is 5.82. The Labute approximate surface area is 116 Å². The number of rotatable bonds is 7. The van der Waals surface area contributed by atoms with Crippen LogP contribution in [0.15, 0.2) is 55.1 Å². The summed E-state index contributed by atoms with van der Waals surface area (Å²) in [6.45, 7) is 7.14. The first-order valence-corrected chi connectivity index (χ1v) is 7.15. The second-order valence-corrected chi connectivity index (χ2v) is 5.06. The second-order valence-electron chi connectivity index (χ2n) is 5.06. The summed E-state index contributed by atoms with van der Waals surface area (Å²) in [5.74, 6) is 0. The Hall–Kier alpha value is -1.60. The molecule has 0 amide bonds. The predicted octanol–water partition coefficient (Wildman–Crippen LogP) is 4.33. The molecule has 100 valence electrons. The molecule has 0 aliphatic carbocycles. The third-order valence-corrected chi connectivity index (χ3v) is 3.43. The Morgan fingerprint density at radius 2 is 1.95 bits per heavy atom. The minimum absolute atomic E-state index is 0.499. The van der Waals surface area contributed by atoms with Gasteiger partial charge in [0.25, 0.3) is 0 Å². The standard InChI is InChI=1S/C18H23N/c1-3-7-18(19-12-4-2)14-15-10-11-16-8-5-6-9-17(16)13-15/h3,5-6,8-11,13,18-19H,1,4,7,12,14H2,2H3. The van der Waals surface area contributed by atoms with E-state index in [0.29, 0.717) is 6.04 Å². The van der Waals surface area contributed by atoms with E-state index in [0.717, 1.165) is 19.4 Å². The van der Waals surface area contributed by atoms with Gasteiger partial charge in [0.05, 0.1) is 0 Å². The SMILES string of the molecule is C=CCC(Cc1ccc2ccccc2c1)NCCC. The Morgan fingerprint density at radius 1 is 1.16 bits per heavy atom. The van der Waals surface area contributed by atoms with Gasteiger partial charge in [0.1, 0.15) is 0 Å². The first-order valence-electron chi connectivity index (χ1n) is 7.15. The van der Waals surface area contributed by atoms with E-state index in [2.05, 4.69) is 61.3 Å². The van der Waals surface area contributed by atoms with E-state index >= 15 is 0 Å². The summed E-state index contributed by atoms with van der Waals surface area (Å²) in [5.41, 5.74) is 1.40. The predicted molar refractivity (Wildman–Crippen MR) is 84.5 cm³/mol. The molecule has 1 N–H and O–H groups in total. The molecule has 2 rings (SSSR count). The average Bonchev–Trinajstić information content (AvgIpc) is 2.45. The molecular formula is C18H23N. The van der Waals surface area contributed by atoms with Gasteiger partial charge < -0.3 is 5.32 Å². The smallest absolute Gasteiger partial charge is 0.0142 e. The van der Waals surface area contributed by atoms with Crippen molar-refractivity contribution in [1.29, 1.82) is 0 Å². The van der Waals surface area contributed by atoms with E-state index in [-0.39, 0.29) is 0 Å². The molecule has 0 fully saturated rings. The Bertz CT molecular complexity index is 530. The number of fused-ring (bicyclic) bond motifs is 1. The van der Waals surface area contributed by atoms with Crippen molar-refractivity contribution in [3.05, 3.63) is 60.7 Å². The average molecular weight is 253 g/mol. The fraction of sp³-hybridized carbons (Fsp3) is 0.333. The molecule has 2 aromatic carbocycles. The molecule has 0 saturated carbocycles. The number of hydrogen-bond acceptors (Lipinski definition) is 1. The zero-order valence-corrected chi connectivity index (χ0v) is 11.7. The fourth-order valence-corrected chi connectivity index (χ4v) is 2.44. The zero-order valence-electron chi connectivity index (χ0n) is 11.7. The lowest BCUT2D eigenvalue weighted by Crippen LogP contribution is -2.31. The first-order chi connectivity index (χ1) is 9.33. The van der Waals surface area contributed by atoms with Gasteiger partial charge in [0.15, 0.2) is 0 Å². The molecule has 0 radical (unpaired) electrons. The first kappa shape index (κ1) is 13.8. The van der Waals surface area contributed by atoms with E-state index in [4.69, 9.17) is 0 Å². The van der Waals surface area contributed by atoms with Crippen LogP contribution in [0.1, 0.15) is 25.3 Å². The lowest BCUT2D eigenvalue weighted by molar-refractivity contribution is 0.512. The van der Waals surface area contributed by atoms with Crippen LogP contribution in [0.3, 0.4) is 0 Å². The number of hydrogen-bond donors (Lipinski definition) is 1. The van der Waals surface area contributed by atoms with Crippen LogP contribution in [0, 0.1) is 0 Å². The maximum absolute atomic E-state index is 3.86. The molecule has 0 aromatic heterocycles. The molecule has 0 aliphatic rings. The highest BCUT2D eigenvalue weighted by Crippen LogP contribution is 2.17. The van der Waals surface area contributed by atoms with Gasteiger partial charge in [-0.15, -0.1) is 6.58 Å². The van der Waals surface area contributed by atoms with E-state index < -0.39 is 0 Å². The maximum Gasteiger partial charge on any atom is 0.0142 e. The summed E-state index contributed by atoms with van der Waals surface area (Å²) < 4.78 is 0. The van der Waals surface area contributed by atoms with Gasteiger partial charge in [-0.1, -0.05) is 55.5 Å². The summed E-state index contributed by atoms with van der Waals surface area (Å²) in [7, 11) is 0. The van der Waals surface area contributed by atoms with Crippen molar-refractivity contribution < 1.29 is 0 Å². The van der Waals surface area contributed by atoms with Gasteiger partial charge in [0, 0.05) is 6.04 Å². The third kappa shape index (κ3) is 3.93. The van der Waals surface area contributed by atoms with Crippen molar-refractivity contribution in [2.24, 2.45) is 0 Å². The third-order valence-electron chi connectivity index (χ3n) is 3.43. The van der Waals surface area contributed by atoms with Gasteiger partial charge in [-0.05, 0) is 42.1 Å². The molecule has 0 saturated heterocycles. The van der Waals surface area contributed by atoms with Gasteiger partial charge in [0.2, 0.25) is 0 Å². The minimum Gasteiger partial charge on any atom is -0.313 e. The summed E-state index contributed by atoms with van der Waals surface area (Å²) in [4.78, 5) is 0. The molecule has 1 unspecified atom stereocenters. The molecule has 19 heavy (non-hydrogen) atoms. The van der Waals surface area contributed by atoms with Crippen molar-refractivity contribution in [2.45, 2.75) is 32.2 Å². The van der Waals surface area contributed by atoms with Crippen molar-refractivity contribution in [3.8, 4) is 0 Å². The van der Waals surface area contributed by atoms with Crippen molar-refractivity contribution in [2.75, 3.05) is 6.54 Å². The highest BCUT2D eigenvalue weighted by atomic mass is 14.9. The monoisotopic (exact) mass is 253 g/mol. The largest absolute Gasteiger partial charge is 0.313 e. The summed E-state index contributed by atoms with van der Waals surface area (Å²) in [6, 6.07) is 15.8. The van der Waals surface area contributed by atoms with Crippen LogP contribution < -0.4 is 5.32 Å². The summed E-state index contributed by atoms with van der Waals surface area (Å²) in [6.07, 6.45) is 5.27. The van der Waals surface area contributed by atoms with Gasteiger partial charge in [-0.25, -0.2) is 0 Å². The van der Waals surface area contributed by atoms with Gasteiger partial charge >= 0.3 is 0 Å².